The third kappa shape index (κ3) is 3.84. The number of nitrogen functional groups attached to an aromatic ring is 1. The number of imidazole rings is 1. The molecule has 4 N–H and O–H groups in total. The van der Waals surface area contributed by atoms with Crippen molar-refractivity contribution in [3.63, 3.8) is 0 Å². The molecule has 3 aromatic carbocycles. The summed E-state index contributed by atoms with van der Waals surface area (Å²) in [6.45, 7) is -0.113. The summed E-state index contributed by atoms with van der Waals surface area (Å²) in [4.78, 5) is 9.07. The number of methoxy groups -OCH3 is 1. The van der Waals surface area contributed by atoms with Gasteiger partial charge in [-0.05, 0) is 53.6 Å². The highest BCUT2D eigenvalue weighted by Gasteiger charge is 2.14. The summed E-state index contributed by atoms with van der Waals surface area (Å²) in [6.07, 6.45) is 3.53. The Morgan fingerprint density at radius 1 is 1.00 bits per heavy atom. The van der Waals surface area contributed by atoms with E-state index < -0.39 is 0 Å². The first-order valence-electron chi connectivity index (χ1n) is 10.3. The third-order valence-corrected chi connectivity index (χ3v) is 6.66. The van der Waals surface area contributed by atoms with E-state index >= 15 is 0 Å². The monoisotopic (exact) mass is 458 g/mol. The van der Waals surface area contributed by atoms with Gasteiger partial charge < -0.3 is 20.7 Å². The first kappa shape index (κ1) is 21.1. The lowest BCUT2D eigenvalue weighted by Gasteiger charge is -2.11. The zero-order valence-corrected chi connectivity index (χ0v) is 18.7. The minimum absolute atomic E-state index is 0.0514. The summed E-state index contributed by atoms with van der Waals surface area (Å²) < 4.78 is 8.42. The molecule has 5 rings (SSSR count). The number of aliphatic hydroxyl groups excluding tert-OH is 2. The molecule has 8 heteroatoms. The van der Waals surface area contributed by atoms with Crippen molar-refractivity contribution in [2.45, 2.75) is 13.2 Å². The number of thiazole rings is 1. The van der Waals surface area contributed by atoms with Gasteiger partial charge in [0.15, 0.2) is 0 Å². The third-order valence-electron chi connectivity index (χ3n) is 5.52. The topological polar surface area (TPSA) is 106 Å². The Balaban J connectivity index is 1.50. The van der Waals surface area contributed by atoms with Gasteiger partial charge in [0, 0.05) is 22.5 Å². The summed E-state index contributed by atoms with van der Waals surface area (Å²) in [5.74, 6) is 0.713. The number of fused-ring (bicyclic) bond motifs is 1. The van der Waals surface area contributed by atoms with Gasteiger partial charge in [0.1, 0.15) is 10.8 Å². The van der Waals surface area contributed by atoms with Crippen LogP contribution >= 0.6 is 11.3 Å². The predicted octanol–water partition coefficient (Wildman–Crippen LogP) is 4.39. The van der Waals surface area contributed by atoms with E-state index in [4.69, 9.17) is 15.5 Å². The quantitative estimate of drug-likeness (QED) is 0.326. The molecule has 0 spiro atoms. The highest BCUT2D eigenvalue weighted by Crippen LogP contribution is 2.37. The Morgan fingerprint density at radius 3 is 2.48 bits per heavy atom. The van der Waals surface area contributed by atoms with Gasteiger partial charge in [-0.1, -0.05) is 12.1 Å². The van der Waals surface area contributed by atoms with Crippen molar-refractivity contribution in [1.82, 2.24) is 14.5 Å². The van der Waals surface area contributed by atoms with Crippen molar-refractivity contribution < 1.29 is 14.9 Å². The molecule has 7 nitrogen and oxygen atoms in total. The Labute approximate surface area is 194 Å². The standard InChI is InChI=1S/C25H22N4O3S/c1-32-23-10-16(13-31)9-21-24(23)33-25(28-21)17-3-5-18(6-4-17)29-14-27-11-22(29)19-7-2-15(12-30)8-20(19)26/h2-11,14,30-31H,12-13,26H2,1H3. The second kappa shape index (κ2) is 8.67. The molecule has 0 saturated heterocycles. The minimum atomic E-state index is -0.0612. The summed E-state index contributed by atoms with van der Waals surface area (Å²) >= 11 is 1.56. The highest BCUT2D eigenvalue weighted by atomic mass is 32.1. The second-order valence-electron chi connectivity index (χ2n) is 7.60. The van der Waals surface area contributed by atoms with Crippen LogP contribution in [0.15, 0.2) is 67.1 Å². The molecule has 2 heterocycles. The number of anilines is 1. The fraction of sp³-hybridized carbons (Fsp3) is 0.120. The maximum Gasteiger partial charge on any atom is 0.138 e. The van der Waals surface area contributed by atoms with E-state index in [1.165, 1.54) is 0 Å². The fourth-order valence-corrected chi connectivity index (χ4v) is 4.88. The van der Waals surface area contributed by atoms with Gasteiger partial charge in [-0.3, -0.25) is 4.57 Å². The minimum Gasteiger partial charge on any atom is -0.495 e. The molecule has 2 aromatic heterocycles. The van der Waals surface area contributed by atoms with Gasteiger partial charge in [0.05, 0.1) is 48.8 Å². The molecule has 0 saturated carbocycles. The maximum atomic E-state index is 9.50. The Bertz CT molecular complexity index is 1440. The lowest BCUT2D eigenvalue weighted by atomic mass is 10.1. The van der Waals surface area contributed by atoms with Crippen LogP contribution in [-0.2, 0) is 13.2 Å². The smallest absolute Gasteiger partial charge is 0.138 e. The molecular weight excluding hydrogens is 436 g/mol. The lowest BCUT2D eigenvalue weighted by Crippen LogP contribution is -1.99. The molecule has 5 aromatic rings. The van der Waals surface area contributed by atoms with Crippen LogP contribution < -0.4 is 10.5 Å². The number of hydrogen-bond donors (Lipinski definition) is 3. The van der Waals surface area contributed by atoms with Crippen molar-refractivity contribution in [2.75, 3.05) is 12.8 Å². The summed E-state index contributed by atoms with van der Waals surface area (Å²) in [6, 6.07) is 17.3. The van der Waals surface area contributed by atoms with Crippen LogP contribution in [0.4, 0.5) is 5.69 Å². The zero-order valence-electron chi connectivity index (χ0n) is 17.9. The van der Waals surface area contributed by atoms with E-state index in [1.54, 1.807) is 37.0 Å². The van der Waals surface area contributed by atoms with Crippen LogP contribution in [0.3, 0.4) is 0 Å². The molecule has 0 aliphatic carbocycles. The number of rotatable bonds is 6. The van der Waals surface area contributed by atoms with Crippen LogP contribution in [0, 0.1) is 0 Å². The average Bonchev–Trinajstić information content (AvgIpc) is 3.50. The van der Waals surface area contributed by atoms with Gasteiger partial charge in [-0.25, -0.2) is 9.97 Å². The molecule has 0 atom stereocenters. The largest absolute Gasteiger partial charge is 0.495 e. The van der Waals surface area contributed by atoms with Crippen LogP contribution in [0.5, 0.6) is 5.75 Å². The first-order chi connectivity index (χ1) is 16.1. The normalized spacial score (nSPS) is 11.2. The van der Waals surface area contributed by atoms with E-state index in [2.05, 4.69) is 4.98 Å². The molecule has 0 fully saturated rings. The predicted molar refractivity (Wildman–Crippen MR) is 130 cm³/mol. The van der Waals surface area contributed by atoms with Crippen molar-refractivity contribution >= 4 is 27.2 Å². The summed E-state index contributed by atoms with van der Waals surface area (Å²) in [5, 5.41) is 19.7. The number of nitrogens with two attached hydrogens (primary N) is 1. The zero-order chi connectivity index (χ0) is 22.9. The molecule has 0 radical (unpaired) electrons. The van der Waals surface area contributed by atoms with Gasteiger partial charge >= 0.3 is 0 Å². The van der Waals surface area contributed by atoms with Gasteiger partial charge in [0.2, 0.25) is 0 Å². The Morgan fingerprint density at radius 2 is 1.79 bits per heavy atom. The van der Waals surface area contributed by atoms with E-state index in [0.29, 0.717) is 11.4 Å². The number of benzene rings is 3. The molecular formula is C25H22N4O3S. The van der Waals surface area contributed by atoms with E-state index in [1.807, 2.05) is 53.1 Å². The second-order valence-corrected chi connectivity index (χ2v) is 8.60. The maximum absolute atomic E-state index is 9.50. The Hall–Kier alpha value is -3.72. The van der Waals surface area contributed by atoms with Crippen molar-refractivity contribution in [1.29, 1.82) is 0 Å². The summed E-state index contributed by atoms with van der Waals surface area (Å²) in [5.41, 5.74) is 12.8. The number of aromatic nitrogens is 3. The van der Waals surface area contributed by atoms with Gasteiger partial charge in [0.25, 0.3) is 0 Å². The molecule has 166 valence electrons. The summed E-state index contributed by atoms with van der Waals surface area (Å²) in [7, 11) is 1.62. The van der Waals surface area contributed by atoms with E-state index in [-0.39, 0.29) is 13.2 Å². The average molecular weight is 459 g/mol. The molecule has 0 unspecified atom stereocenters. The molecule has 33 heavy (non-hydrogen) atoms. The molecule has 0 aliphatic heterocycles. The lowest BCUT2D eigenvalue weighted by molar-refractivity contribution is 0.281. The molecule has 0 aliphatic rings. The highest BCUT2D eigenvalue weighted by molar-refractivity contribution is 7.22. The van der Waals surface area contributed by atoms with Crippen molar-refractivity contribution in [2.24, 2.45) is 0 Å². The van der Waals surface area contributed by atoms with Crippen LogP contribution in [-0.4, -0.2) is 31.9 Å². The van der Waals surface area contributed by atoms with Crippen molar-refractivity contribution in [3.05, 3.63) is 78.2 Å². The van der Waals surface area contributed by atoms with E-state index in [9.17, 15) is 10.2 Å². The van der Waals surface area contributed by atoms with Crippen LogP contribution in [0.25, 0.3) is 37.7 Å². The number of nitrogens with zero attached hydrogens (tertiary/aromatic N) is 3. The number of ether oxygens (including phenoxy) is 1. The van der Waals surface area contributed by atoms with Crippen LogP contribution in [0.2, 0.25) is 0 Å². The molecule has 0 amide bonds. The van der Waals surface area contributed by atoms with Gasteiger partial charge in [-0.2, -0.15) is 0 Å². The van der Waals surface area contributed by atoms with E-state index in [0.717, 1.165) is 48.9 Å². The number of aliphatic hydroxyl groups is 2. The van der Waals surface area contributed by atoms with Crippen LogP contribution in [0.1, 0.15) is 11.1 Å². The van der Waals surface area contributed by atoms with Gasteiger partial charge in [-0.15, -0.1) is 11.3 Å². The number of hydrogen-bond acceptors (Lipinski definition) is 7. The SMILES string of the molecule is COc1cc(CO)cc2nc(-c3ccc(-n4cncc4-c4ccc(CO)cc4N)cc3)sc12. The van der Waals surface area contributed by atoms with Crippen molar-refractivity contribution in [3.8, 4) is 33.3 Å². The molecule has 0 bridgehead atoms. The Kier molecular flexibility index (Phi) is 5.55. The first-order valence-corrected chi connectivity index (χ1v) is 11.1. The fourth-order valence-electron chi connectivity index (χ4n) is 3.83.